The first-order chi connectivity index (χ1) is 14.5. The van der Waals surface area contributed by atoms with E-state index in [1.165, 1.54) is 16.3 Å². The van der Waals surface area contributed by atoms with Crippen LogP contribution in [0.15, 0.2) is 65.0 Å². The highest BCUT2D eigenvalue weighted by Gasteiger charge is 2.17. The van der Waals surface area contributed by atoms with Crippen LogP contribution in [0.2, 0.25) is 0 Å². The van der Waals surface area contributed by atoms with E-state index in [1.54, 1.807) is 11.3 Å². The molecule has 0 aliphatic carbocycles. The topological polar surface area (TPSA) is 35.1 Å². The average molecular weight is 458 g/mol. The van der Waals surface area contributed by atoms with Gasteiger partial charge < -0.3 is 22.2 Å². The van der Waals surface area contributed by atoms with Crippen molar-refractivity contribution >= 4 is 32.8 Å². The Kier molecular flexibility index (Phi) is 9.46. The average Bonchev–Trinajstić information content (AvgIpc) is 3.13. The molecule has 1 aromatic heterocycles. The lowest BCUT2D eigenvalue weighted by atomic mass is 10.1. The molecule has 1 heterocycles. The number of thiazole rings is 1. The van der Waals surface area contributed by atoms with Gasteiger partial charge in [0, 0.05) is 31.9 Å². The fraction of sp³-hybridized carbons (Fsp3) is 0.375. The van der Waals surface area contributed by atoms with Gasteiger partial charge in [0.15, 0.2) is 0 Å². The lowest BCUT2D eigenvalue weighted by Crippen LogP contribution is -3.00. The standard InChI is InChI=1S/C24H32N5S.ClH/c1-6-28(7-2)23-18-27(5)24(30-23)26-25-22-15-14-21(16-19(22)4)29(8-3)17-20-12-10-9-11-13-20;/h9-16,18H,6-8,17H2,1-5H3;1H/q+1;/p-1. The lowest BCUT2D eigenvalue weighted by molar-refractivity contribution is -0.653. The van der Waals surface area contributed by atoms with Crippen LogP contribution in [0.3, 0.4) is 0 Å². The number of aromatic nitrogens is 1. The van der Waals surface area contributed by atoms with Gasteiger partial charge in [-0.1, -0.05) is 30.3 Å². The second-order valence-corrected chi connectivity index (χ2v) is 8.29. The van der Waals surface area contributed by atoms with Crippen LogP contribution in [0.4, 0.5) is 21.5 Å². The van der Waals surface area contributed by atoms with Crippen molar-refractivity contribution in [1.82, 2.24) is 0 Å². The Hall–Kier alpha value is -2.44. The fourth-order valence-electron chi connectivity index (χ4n) is 3.42. The molecule has 5 nitrogen and oxygen atoms in total. The third-order valence-corrected chi connectivity index (χ3v) is 6.39. The maximum absolute atomic E-state index is 4.55. The summed E-state index contributed by atoms with van der Waals surface area (Å²) in [5, 5.41) is 11.2. The zero-order chi connectivity index (χ0) is 21.5. The molecule has 0 amide bonds. The van der Waals surface area contributed by atoms with Gasteiger partial charge >= 0.3 is 5.13 Å². The smallest absolute Gasteiger partial charge is 0.410 e. The number of aryl methyl sites for hydroxylation is 2. The Morgan fingerprint density at radius 1 is 0.903 bits per heavy atom. The van der Waals surface area contributed by atoms with Gasteiger partial charge in [-0.05, 0) is 73.5 Å². The monoisotopic (exact) mass is 457 g/mol. The maximum atomic E-state index is 4.55. The second kappa shape index (κ2) is 11.8. The normalized spacial score (nSPS) is 10.9. The van der Waals surface area contributed by atoms with Crippen LogP contribution in [0.1, 0.15) is 31.9 Å². The van der Waals surface area contributed by atoms with Crippen LogP contribution in [-0.4, -0.2) is 19.6 Å². The largest absolute Gasteiger partial charge is 1.00 e. The van der Waals surface area contributed by atoms with E-state index in [2.05, 4.69) is 102 Å². The molecule has 0 bridgehead atoms. The van der Waals surface area contributed by atoms with Crippen molar-refractivity contribution in [2.24, 2.45) is 17.3 Å². The molecule has 0 spiro atoms. The number of nitrogens with zero attached hydrogens (tertiary/aromatic N) is 5. The molecule has 0 N–H and O–H groups in total. The third-order valence-electron chi connectivity index (χ3n) is 5.26. The Labute approximate surface area is 196 Å². The predicted molar refractivity (Wildman–Crippen MR) is 128 cm³/mol. The molecule has 0 fully saturated rings. The van der Waals surface area contributed by atoms with Crippen LogP contribution < -0.4 is 26.8 Å². The number of hydrogen-bond donors (Lipinski definition) is 0. The minimum absolute atomic E-state index is 0. The highest BCUT2D eigenvalue weighted by atomic mass is 35.5. The van der Waals surface area contributed by atoms with E-state index in [4.69, 9.17) is 0 Å². The summed E-state index contributed by atoms with van der Waals surface area (Å²) in [6.07, 6.45) is 2.13. The lowest BCUT2D eigenvalue weighted by Gasteiger charge is -2.23. The Bertz CT molecular complexity index is 983. The van der Waals surface area contributed by atoms with E-state index >= 15 is 0 Å². The molecule has 0 unspecified atom stereocenters. The van der Waals surface area contributed by atoms with Crippen molar-refractivity contribution in [3.8, 4) is 0 Å². The molecule has 7 heteroatoms. The first-order valence-corrected chi connectivity index (χ1v) is 11.4. The van der Waals surface area contributed by atoms with Gasteiger partial charge in [-0.3, -0.25) is 0 Å². The molecule has 166 valence electrons. The predicted octanol–water partition coefficient (Wildman–Crippen LogP) is 3.17. The number of azo groups is 1. The number of benzene rings is 2. The van der Waals surface area contributed by atoms with Crippen molar-refractivity contribution in [3.63, 3.8) is 0 Å². The van der Waals surface area contributed by atoms with Crippen LogP contribution in [0, 0.1) is 6.92 Å². The highest BCUT2D eigenvalue weighted by molar-refractivity contribution is 7.18. The Balaban J connectivity index is 0.00000341. The molecule has 2 aromatic carbocycles. The van der Waals surface area contributed by atoms with Crippen molar-refractivity contribution in [2.75, 3.05) is 29.4 Å². The Morgan fingerprint density at radius 3 is 2.19 bits per heavy atom. The van der Waals surface area contributed by atoms with Gasteiger partial charge in [-0.15, -0.1) is 0 Å². The molecule has 0 atom stereocenters. The zero-order valence-corrected chi connectivity index (χ0v) is 20.6. The van der Waals surface area contributed by atoms with Crippen LogP contribution in [0.25, 0.3) is 0 Å². The third kappa shape index (κ3) is 6.28. The van der Waals surface area contributed by atoms with E-state index < -0.39 is 0 Å². The minimum Gasteiger partial charge on any atom is -1.00 e. The van der Waals surface area contributed by atoms with Crippen LogP contribution >= 0.6 is 11.3 Å². The zero-order valence-electron chi connectivity index (χ0n) is 19.0. The van der Waals surface area contributed by atoms with E-state index in [0.29, 0.717) is 0 Å². The molecular weight excluding hydrogens is 426 g/mol. The van der Waals surface area contributed by atoms with Crippen molar-refractivity contribution in [2.45, 2.75) is 34.2 Å². The maximum Gasteiger partial charge on any atom is 0.410 e. The summed E-state index contributed by atoms with van der Waals surface area (Å²) >= 11 is 1.68. The summed E-state index contributed by atoms with van der Waals surface area (Å²) in [5.41, 5.74) is 4.57. The van der Waals surface area contributed by atoms with Gasteiger partial charge in [0.1, 0.15) is 16.9 Å². The summed E-state index contributed by atoms with van der Waals surface area (Å²) in [6.45, 7) is 12.5. The van der Waals surface area contributed by atoms with Crippen LogP contribution in [0.5, 0.6) is 0 Å². The summed E-state index contributed by atoms with van der Waals surface area (Å²) in [6, 6.07) is 17.0. The van der Waals surface area contributed by atoms with Gasteiger partial charge in [0.2, 0.25) is 0 Å². The number of rotatable bonds is 9. The Morgan fingerprint density at radius 2 is 1.58 bits per heavy atom. The second-order valence-electron chi connectivity index (χ2n) is 7.31. The summed E-state index contributed by atoms with van der Waals surface area (Å²) < 4.78 is 2.05. The molecule has 3 rings (SSSR count). The molecule has 3 aromatic rings. The van der Waals surface area contributed by atoms with Crippen molar-refractivity contribution < 1.29 is 17.0 Å². The first-order valence-electron chi connectivity index (χ1n) is 10.6. The van der Waals surface area contributed by atoms with Gasteiger partial charge in [0.05, 0.1) is 12.2 Å². The van der Waals surface area contributed by atoms with Gasteiger partial charge in [-0.25, -0.2) is 4.57 Å². The van der Waals surface area contributed by atoms with Crippen molar-refractivity contribution in [1.29, 1.82) is 0 Å². The number of halogens is 1. The highest BCUT2D eigenvalue weighted by Crippen LogP contribution is 2.30. The molecule has 0 radical (unpaired) electrons. The van der Waals surface area contributed by atoms with Gasteiger partial charge in [-0.2, -0.15) is 0 Å². The van der Waals surface area contributed by atoms with E-state index in [9.17, 15) is 0 Å². The SMILES string of the molecule is CCN(Cc1ccccc1)c1ccc(/N=N/c2sc(N(CC)CC)c[n+]2C)c(C)c1.[Cl-]. The molecule has 0 saturated carbocycles. The summed E-state index contributed by atoms with van der Waals surface area (Å²) in [4.78, 5) is 4.70. The number of hydrogen-bond acceptors (Lipinski definition) is 5. The molecular formula is C24H32ClN5S. The van der Waals surface area contributed by atoms with E-state index in [0.717, 1.165) is 42.6 Å². The number of anilines is 2. The summed E-state index contributed by atoms with van der Waals surface area (Å²) in [7, 11) is 2.02. The minimum atomic E-state index is 0. The molecule has 0 aliphatic rings. The quantitative estimate of drug-likeness (QED) is 0.365. The van der Waals surface area contributed by atoms with E-state index in [1.807, 2.05) is 11.6 Å². The fourth-order valence-corrected chi connectivity index (χ4v) is 4.48. The summed E-state index contributed by atoms with van der Waals surface area (Å²) in [5.74, 6) is 0. The van der Waals surface area contributed by atoms with Crippen molar-refractivity contribution in [3.05, 3.63) is 65.9 Å². The van der Waals surface area contributed by atoms with E-state index in [-0.39, 0.29) is 12.4 Å². The molecule has 0 aliphatic heterocycles. The first kappa shape index (κ1) is 24.8. The molecule has 31 heavy (non-hydrogen) atoms. The van der Waals surface area contributed by atoms with Gasteiger partial charge in [0.25, 0.3) is 0 Å². The molecule has 0 saturated heterocycles. The van der Waals surface area contributed by atoms with Crippen LogP contribution in [-0.2, 0) is 13.6 Å².